The van der Waals surface area contributed by atoms with Gasteiger partial charge in [-0.25, -0.2) is 4.79 Å². The molecule has 35 heavy (non-hydrogen) atoms. The van der Waals surface area contributed by atoms with Crippen LogP contribution in [0.25, 0.3) is 11.1 Å². The van der Waals surface area contributed by atoms with E-state index in [0.717, 1.165) is 22.3 Å². The molecular weight excluding hydrogens is 465 g/mol. The van der Waals surface area contributed by atoms with Crippen LogP contribution in [0.3, 0.4) is 0 Å². The van der Waals surface area contributed by atoms with Gasteiger partial charge in [-0.1, -0.05) is 61.9 Å². The minimum absolute atomic E-state index is 0.173. The van der Waals surface area contributed by atoms with Crippen molar-refractivity contribution in [1.82, 2.24) is 10.6 Å². The fourth-order valence-corrected chi connectivity index (χ4v) is 4.29. The van der Waals surface area contributed by atoms with E-state index in [2.05, 4.69) is 5.32 Å². The summed E-state index contributed by atoms with van der Waals surface area (Å²) in [6.07, 6.45) is -6.86. The summed E-state index contributed by atoms with van der Waals surface area (Å²) in [6.45, 7) is 1.59. The van der Waals surface area contributed by atoms with Crippen molar-refractivity contribution in [1.29, 1.82) is 0 Å². The number of amides is 2. The lowest BCUT2D eigenvalue weighted by Gasteiger charge is -2.23. The molecular formula is C25H27F3N2O5. The molecule has 10 heteroatoms. The summed E-state index contributed by atoms with van der Waals surface area (Å²) < 4.78 is 45.7. The van der Waals surface area contributed by atoms with E-state index in [1.807, 2.05) is 48.5 Å². The van der Waals surface area contributed by atoms with Gasteiger partial charge in [-0.05, 0) is 28.7 Å². The summed E-state index contributed by atoms with van der Waals surface area (Å²) >= 11 is 0. The van der Waals surface area contributed by atoms with Crippen LogP contribution in [0.5, 0.6) is 0 Å². The van der Waals surface area contributed by atoms with Crippen LogP contribution in [0.1, 0.15) is 49.7 Å². The molecule has 2 aromatic rings. The molecule has 2 atom stereocenters. The molecule has 3 N–H and O–H groups in total. The Bertz CT molecular complexity index is 1030. The third kappa shape index (κ3) is 6.74. The third-order valence-corrected chi connectivity index (χ3v) is 5.84. The number of carboxylic acid groups (broad SMARTS) is 1. The normalized spacial score (nSPS) is 14.4. The van der Waals surface area contributed by atoms with Gasteiger partial charge in [-0.3, -0.25) is 9.59 Å². The molecule has 0 aromatic heterocycles. The van der Waals surface area contributed by atoms with Crippen LogP contribution in [0, 0.1) is 0 Å². The van der Waals surface area contributed by atoms with Gasteiger partial charge in [0.25, 0.3) is 0 Å². The molecule has 0 radical (unpaired) electrons. The van der Waals surface area contributed by atoms with E-state index in [-0.39, 0.29) is 12.5 Å². The minimum atomic E-state index is -4.91. The van der Waals surface area contributed by atoms with Gasteiger partial charge in [0.15, 0.2) is 0 Å². The monoisotopic (exact) mass is 492 g/mol. The molecule has 0 fully saturated rings. The maximum atomic E-state index is 13.5. The SMILES string of the molecule is CCCC(CC(=O)O)NC(=O)CC(NC(=O)OCC1c2ccccc2-c2ccccc21)C(F)(F)F. The standard InChI is InChI=1S/C25H27F3N2O5/c1-2-7-15(12-23(32)33)29-22(31)13-21(25(26,27)28)30-24(34)35-14-20-18-10-5-3-8-16(18)17-9-4-6-11-19(17)20/h3-6,8-11,15,20-21H,2,7,12-14H2,1H3,(H,29,31)(H,30,34)(H,32,33). The number of halogens is 3. The Balaban J connectivity index is 1.62. The van der Waals surface area contributed by atoms with Crippen molar-refractivity contribution >= 4 is 18.0 Å². The van der Waals surface area contributed by atoms with E-state index >= 15 is 0 Å². The van der Waals surface area contributed by atoms with Crippen molar-refractivity contribution in [2.75, 3.05) is 6.61 Å². The Morgan fingerprint density at radius 2 is 1.54 bits per heavy atom. The molecule has 2 aromatic carbocycles. The first-order valence-corrected chi connectivity index (χ1v) is 11.3. The lowest BCUT2D eigenvalue weighted by molar-refractivity contribution is -0.160. The number of rotatable bonds is 10. The van der Waals surface area contributed by atoms with Gasteiger partial charge in [0, 0.05) is 12.0 Å². The molecule has 0 saturated heterocycles. The fraction of sp³-hybridized carbons (Fsp3) is 0.400. The lowest BCUT2D eigenvalue weighted by Crippen LogP contribution is -2.49. The number of benzene rings is 2. The molecule has 0 aliphatic heterocycles. The van der Waals surface area contributed by atoms with Crippen LogP contribution in [0.15, 0.2) is 48.5 Å². The van der Waals surface area contributed by atoms with Crippen LogP contribution in [-0.4, -0.2) is 47.9 Å². The van der Waals surface area contributed by atoms with Crippen LogP contribution in [0.2, 0.25) is 0 Å². The van der Waals surface area contributed by atoms with E-state index in [1.165, 1.54) is 0 Å². The van der Waals surface area contributed by atoms with Crippen LogP contribution < -0.4 is 10.6 Å². The summed E-state index contributed by atoms with van der Waals surface area (Å²) in [7, 11) is 0. The van der Waals surface area contributed by atoms with E-state index in [0.29, 0.717) is 12.8 Å². The van der Waals surface area contributed by atoms with Gasteiger partial charge >= 0.3 is 18.2 Å². The zero-order valence-electron chi connectivity index (χ0n) is 19.1. The van der Waals surface area contributed by atoms with Gasteiger partial charge in [-0.2, -0.15) is 13.2 Å². The lowest BCUT2D eigenvalue weighted by atomic mass is 9.98. The van der Waals surface area contributed by atoms with Gasteiger partial charge in [0.05, 0.1) is 12.8 Å². The highest BCUT2D eigenvalue weighted by Crippen LogP contribution is 2.44. The second-order valence-corrected chi connectivity index (χ2v) is 8.42. The number of hydrogen-bond donors (Lipinski definition) is 3. The Hall–Kier alpha value is -3.56. The number of carbonyl (C=O) groups is 3. The molecule has 3 rings (SSSR count). The Morgan fingerprint density at radius 1 is 0.971 bits per heavy atom. The Morgan fingerprint density at radius 3 is 2.06 bits per heavy atom. The summed E-state index contributed by atoms with van der Waals surface area (Å²) in [5.74, 6) is -2.51. The highest BCUT2D eigenvalue weighted by Gasteiger charge is 2.43. The van der Waals surface area contributed by atoms with E-state index in [9.17, 15) is 27.6 Å². The maximum Gasteiger partial charge on any atom is 0.409 e. The van der Waals surface area contributed by atoms with Crippen LogP contribution >= 0.6 is 0 Å². The maximum absolute atomic E-state index is 13.5. The first-order valence-electron chi connectivity index (χ1n) is 11.3. The number of aliphatic carboxylic acids is 1. The highest BCUT2D eigenvalue weighted by atomic mass is 19.4. The number of carbonyl (C=O) groups excluding carboxylic acids is 2. The predicted octanol–water partition coefficient (Wildman–Crippen LogP) is 4.61. The molecule has 0 bridgehead atoms. The Labute approximate surface area is 200 Å². The van der Waals surface area contributed by atoms with Crippen molar-refractivity contribution in [2.45, 2.75) is 56.8 Å². The van der Waals surface area contributed by atoms with E-state index < -0.39 is 49.1 Å². The summed E-state index contributed by atoms with van der Waals surface area (Å²) in [5.41, 5.74) is 3.78. The summed E-state index contributed by atoms with van der Waals surface area (Å²) in [6, 6.07) is 11.8. The predicted molar refractivity (Wildman–Crippen MR) is 122 cm³/mol. The molecule has 0 spiro atoms. The molecule has 7 nitrogen and oxygen atoms in total. The van der Waals surface area contributed by atoms with Gasteiger partial charge in [-0.15, -0.1) is 0 Å². The van der Waals surface area contributed by atoms with Gasteiger partial charge < -0.3 is 20.5 Å². The number of alkyl halides is 3. The summed E-state index contributed by atoms with van der Waals surface area (Å²) in [4.78, 5) is 35.4. The quantitative estimate of drug-likeness (QED) is 0.450. The van der Waals surface area contributed by atoms with Crippen LogP contribution in [0.4, 0.5) is 18.0 Å². The van der Waals surface area contributed by atoms with Gasteiger partial charge in [0.1, 0.15) is 12.6 Å². The number of fused-ring (bicyclic) bond motifs is 3. The largest absolute Gasteiger partial charge is 0.481 e. The zero-order chi connectivity index (χ0) is 25.6. The van der Waals surface area contributed by atoms with Crippen molar-refractivity contribution in [3.63, 3.8) is 0 Å². The second kappa shape index (κ2) is 11.2. The molecule has 1 aliphatic carbocycles. The van der Waals surface area contributed by atoms with Crippen molar-refractivity contribution < 1.29 is 37.4 Å². The van der Waals surface area contributed by atoms with E-state index in [4.69, 9.17) is 9.84 Å². The van der Waals surface area contributed by atoms with Gasteiger partial charge in [0.2, 0.25) is 5.91 Å². The smallest absolute Gasteiger partial charge is 0.409 e. The average molecular weight is 492 g/mol. The third-order valence-electron chi connectivity index (χ3n) is 5.84. The molecule has 2 amide bonds. The topological polar surface area (TPSA) is 105 Å². The summed E-state index contributed by atoms with van der Waals surface area (Å²) in [5, 5.41) is 13.0. The molecule has 2 unspecified atom stereocenters. The number of ether oxygens (including phenoxy) is 1. The number of hydrogen-bond acceptors (Lipinski definition) is 4. The van der Waals surface area contributed by atoms with Crippen molar-refractivity contribution in [3.8, 4) is 11.1 Å². The molecule has 188 valence electrons. The van der Waals surface area contributed by atoms with Crippen molar-refractivity contribution in [3.05, 3.63) is 59.7 Å². The first-order chi connectivity index (χ1) is 16.6. The second-order valence-electron chi connectivity index (χ2n) is 8.42. The van der Waals surface area contributed by atoms with Crippen molar-refractivity contribution in [2.24, 2.45) is 0 Å². The Kier molecular flexibility index (Phi) is 8.37. The number of nitrogens with one attached hydrogen (secondary N) is 2. The molecule has 0 saturated carbocycles. The number of alkyl carbamates (subject to hydrolysis) is 1. The molecule has 1 aliphatic rings. The fourth-order valence-electron chi connectivity index (χ4n) is 4.29. The average Bonchev–Trinajstić information content (AvgIpc) is 3.10. The minimum Gasteiger partial charge on any atom is -0.481 e. The van der Waals surface area contributed by atoms with Crippen LogP contribution in [-0.2, 0) is 14.3 Å². The number of carboxylic acids is 1. The van der Waals surface area contributed by atoms with E-state index in [1.54, 1.807) is 12.2 Å². The zero-order valence-corrected chi connectivity index (χ0v) is 19.1. The highest BCUT2D eigenvalue weighted by molar-refractivity contribution is 5.80. The molecule has 0 heterocycles. The first kappa shape index (κ1) is 26.1.